The van der Waals surface area contributed by atoms with Crippen LogP contribution in [0.4, 0.5) is 5.69 Å². The van der Waals surface area contributed by atoms with Crippen LogP contribution in [-0.4, -0.2) is 64.8 Å². The maximum atomic E-state index is 11.7. The summed E-state index contributed by atoms with van der Waals surface area (Å²) in [6.45, 7) is 5.70. The van der Waals surface area contributed by atoms with E-state index in [1.165, 1.54) is 10.9 Å². The number of aromatic nitrogens is 2. The molecule has 1 saturated heterocycles. The molecule has 0 radical (unpaired) electrons. The first-order chi connectivity index (χ1) is 10.1. The SMILES string of the molecule is Cl.O=C(Cn1cc([N+](=O)[O-])cn1)NCCCN1CCNCC1. The largest absolute Gasteiger partial charge is 0.354 e. The number of carbonyl (C=O) groups excluding carboxylic acids is 1. The number of piperazine rings is 1. The molecule has 22 heavy (non-hydrogen) atoms. The molecular weight excluding hydrogens is 312 g/mol. The molecule has 9 nitrogen and oxygen atoms in total. The first-order valence-electron chi connectivity index (χ1n) is 7.02. The zero-order valence-corrected chi connectivity index (χ0v) is 13.0. The summed E-state index contributed by atoms with van der Waals surface area (Å²) in [4.78, 5) is 24.0. The predicted octanol–water partition coefficient (Wildman–Crippen LogP) is -0.375. The van der Waals surface area contributed by atoms with Gasteiger partial charge in [-0.2, -0.15) is 5.10 Å². The number of nitrogens with zero attached hydrogens (tertiary/aromatic N) is 4. The number of carbonyl (C=O) groups is 1. The summed E-state index contributed by atoms with van der Waals surface area (Å²) in [5, 5.41) is 20.4. The zero-order valence-electron chi connectivity index (χ0n) is 12.2. The van der Waals surface area contributed by atoms with Crippen molar-refractivity contribution in [3.05, 3.63) is 22.5 Å². The summed E-state index contributed by atoms with van der Waals surface area (Å²) in [5.41, 5.74) is -0.110. The molecule has 1 fully saturated rings. The molecule has 0 atom stereocenters. The minimum absolute atomic E-state index is 0. The van der Waals surface area contributed by atoms with E-state index in [0.29, 0.717) is 6.54 Å². The smallest absolute Gasteiger partial charge is 0.307 e. The lowest BCUT2D eigenvalue weighted by Crippen LogP contribution is -2.44. The molecule has 1 aromatic heterocycles. The molecule has 0 unspecified atom stereocenters. The van der Waals surface area contributed by atoms with Gasteiger partial charge in [0.05, 0.1) is 4.92 Å². The van der Waals surface area contributed by atoms with Crippen molar-refractivity contribution in [1.82, 2.24) is 25.3 Å². The molecular formula is C12H21ClN6O3. The van der Waals surface area contributed by atoms with E-state index in [1.54, 1.807) is 0 Å². The zero-order chi connectivity index (χ0) is 15.1. The van der Waals surface area contributed by atoms with Gasteiger partial charge in [-0.05, 0) is 13.0 Å². The number of nitro groups is 1. The molecule has 2 heterocycles. The molecule has 0 aliphatic carbocycles. The maximum Gasteiger partial charge on any atom is 0.307 e. The molecule has 10 heteroatoms. The Morgan fingerprint density at radius 3 is 2.82 bits per heavy atom. The van der Waals surface area contributed by atoms with Gasteiger partial charge in [-0.25, -0.2) is 0 Å². The van der Waals surface area contributed by atoms with Crippen molar-refractivity contribution in [2.24, 2.45) is 0 Å². The first-order valence-corrected chi connectivity index (χ1v) is 7.02. The van der Waals surface area contributed by atoms with E-state index in [1.807, 2.05) is 0 Å². The van der Waals surface area contributed by atoms with E-state index >= 15 is 0 Å². The molecule has 2 rings (SSSR count). The second-order valence-corrected chi connectivity index (χ2v) is 4.95. The van der Waals surface area contributed by atoms with E-state index < -0.39 is 4.92 Å². The fourth-order valence-corrected chi connectivity index (χ4v) is 2.20. The highest BCUT2D eigenvalue weighted by Gasteiger charge is 2.11. The Morgan fingerprint density at radius 1 is 1.45 bits per heavy atom. The predicted molar refractivity (Wildman–Crippen MR) is 83.1 cm³/mol. The lowest BCUT2D eigenvalue weighted by Gasteiger charge is -2.27. The van der Waals surface area contributed by atoms with Crippen molar-refractivity contribution < 1.29 is 9.72 Å². The summed E-state index contributed by atoms with van der Waals surface area (Å²) < 4.78 is 1.27. The minimum atomic E-state index is -0.533. The maximum absolute atomic E-state index is 11.7. The van der Waals surface area contributed by atoms with Crippen LogP contribution >= 0.6 is 12.4 Å². The average molecular weight is 333 g/mol. The van der Waals surface area contributed by atoms with Crippen molar-refractivity contribution >= 4 is 24.0 Å². The fourth-order valence-electron chi connectivity index (χ4n) is 2.20. The fraction of sp³-hybridized carbons (Fsp3) is 0.667. The van der Waals surface area contributed by atoms with Gasteiger partial charge in [0.2, 0.25) is 5.91 Å². The Hall–Kier alpha value is -1.71. The van der Waals surface area contributed by atoms with Crippen LogP contribution in [0.2, 0.25) is 0 Å². The molecule has 124 valence electrons. The number of rotatable bonds is 7. The van der Waals surface area contributed by atoms with E-state index in [9.17, 15) is 14.9 Å². The van der Waals surface area contributed by atoms with E-state index in [-0.39, 0.29) is 30.5 Å². The summed E-state index contributed by atoms with van der Waals surface area (Å²) in [6, 6.07) is 0. The Morgan fingerprint density at radius 2 is 2.18 bits per heavy atom. The minimum Gasteiger partial charge on any atom is -0.354 e. The average Bonchev–Trinajstić information content (AvgIpc) is 2.93. The topological polar surface area (TPSA) is 105 Å². The number of hydrogen-bond acceptors (Lipinski definition) is 6. The lowest BCUT2D eigenvalue weighted by molar-refractivity contribution is -0.385. The highest BCUT2D eigenvalue weighted by Crippen LogP contribution is 2.07. The van der Waals surface area contributed by atoms with Gasteiger partial charge in [0.1, 0.15) is 18.9 Å². The Bertz CT molecular complexity index is 489. The highest BCUT2D eigenvalue weighted by atomic mass is 35.5. The normalized spacial score (nSPS) is 15.1. The number of nitrogens with one attached hydrogen (secondary N) is 2. The quantitative estimate of drug-likeness (QED) is 0.401. The van der Waals surface area contributed by atoms with Crippen LogP contribution in [0.5, 0.6) is 0 Å². The molecule has 0 saturated carbocycles. The number of hydrogen-bond donors (Lipinski definition) is 2. The van der Waals surface area contributed by atoms with Crippen LogP contribution in [0.15, 0.2) is 12.4 Å². The summed E-state index contributed by atoms with van der Waals surface area (Å²) in [7, 11) is 0. The van der Waals surface area contributed by atoms with Crippen LogP contribution in [0.3, 0.4) is 0 Å². The van der Waals surface area contributed by atoms with Gasteiger partial charge in [-0.1, -0.05) is 0 Å². The van der Waals surface area contributed by atoms with Crippen molar-refractivity contribution in [3.8, 4) is 0 Å². The van der Waals surface area contributed by atoms with Gasteiger partial charge in [-0.3, -0.25) is 19.6 Å². The summed E-state index contributed by atoms with van der Waals surface area (Å²) in [5.74, 6) is -0.187. The van der Waals surface area contributed by atoms with Crippen LogP contribution in [0.1, 0.15) is 6.42 Å². The van der Waals surface area contributed by atoms with Gasteiger partial charge in [0.15, 0.2) is 0 Å². The van der Waals surface area contributed by atoms with Gasteiger partial charge in [-0.15, -0.1) is 12.4 Å². The van der Waals surface area contributed by atoms with Crippen LogP contribution in [-0.2, 0) is 11.3 Å². The second kappa shape index (κ2) is 9.34. The van der Waals surface area contributed by atoms with Gasteiger partial charge in [0.25, 0.3) is 0 Å². The third-order valence-electron chi connectivity index (χ3n) is 3.32. The van der Waals surface area contributed by atoms with Gasteiger partial charge >= 0.3 is 5.69 Å². The molecule has 1 aliphatic rings. The van der Waals surface area contributed by atoms with E-state index in [4.69, 9.17) is 0 Å². The van der Waals surface area contributed by atoms with Crippen molar-refractivity contribution in [2.75, 3.05) is 39.3 Å². The van der Waals surface area contributed by atoms with E-state index in [2.05, 4.69) is 20.6 Å². The van der Waals surface area contributed by atoms with E-state index in [0.717, 1.165) is 45.3 Å². The molecule has 0 bridgehead atoms. The standard InChI is InChI=1S/C12H20N6O3.ClH/c19-12(10-17-9-11(8-15-17)18(20)21)14-2-1-5-16-6-3-13-4-7-16;/h8-9,13H,1-7,10H2,(H,14,19);1H. The Balaban J connectivity index is 0.00000242. The van der Waals surface area contributed by atoms with Crippen LogP contribution in [0.25, 0.3) is 0 Å². The molecule has 2 N–H and O–H groups in total. The van der Waals surface area contributed by atoms with Crippen molar-refractivity contribution in [3.63, 3.8) is 0 Å². The lowest BCUT2D eigenvalue weighted by atomic mass is 10.3. The third kappa shape index (κ3) is 5.96. The van der Waals surface area contributed by atoms with Crippen LogP contribution in [0, 0.1) is 10.1 Å². The molecule has 1 amide bonds. The summed E-state index contributed by atoms with van der Waals surface area (Å²) >= 11 is 0. The number of halogens is 1. The molecule has 1 aliphatic heterocycles. The van der Waals surface area contributed by atoms with Gasteiger partial charge < -0.3 is 15.5 Å². The van der Waals surface area contributed by atoms with Gasteiger partial charge in [0, 0.05) is 32.7 Å². The van der Waals surface area contributed by atoms with Crippen molar-refractivity contribution in [2.45, 2.75) is 13.0 Å². The second-order valence-electron chi connectivity index (χ2n) is 4.95. The monoisotopic (exact) mass is 332 g/mol. The molecule has 0 aromatic carbocycles. The number of amides is 1. The highest BCUT2D eigenvalue weighted by molar-refractivity contribution is 5.85. The third-order valence-corrected chi connectivity index (χ3v) is 3.32. The molecule has 0 spiro atoms. The Kier molecular flexibility index (Phi) is 7.78. The summed E-state index contributed by atoms with van der Waals surface area (Å²) in [6.07, 6.45) is 3.28. The Labute approximate surface area is 134 Å². The first kappa shape index (κ1) is 18.3. The van der Waals surface area contributed by atoms with Crippen molar-refractivity contribution in [1.29, 1.82) is 0 Å². The van der Waals surface area contributed by atoms with Crippen LogP contribution < -0.4 is 10.6 Å². The molecule has 1 aromatic rings.